The molecule has 0 fully saturated rings. The highest BCUT2D eigenvalue weighted by Crippen LogP contribution is 2.37. The first-order valence-electron chi connectivity index (χ1n) is 10.4. The predicted molar refractivity (Wildman–Crippen MR) is 121 cm³/mol. The lowest BCUT2D eigenvalue weighted by Crippen LogP contribution is -2.37. The third-order valence-corrected chi connectivity index (χ3v) is 5.89. The van der Waals surface area contributed by atoms with Crippen LogP contribution in [0.1, 0.15) is 24.1 Å². The van der Waals surface area contributed by atoms with Crippen LogP contribution in [0.15, 0.2) is 94.2 Å². The Kier molecular flexibility index (Phi) is 4.95. The second kappa shape index (κ2) is 7.94. The van der Waals surface area contributed by atoms with Gasteiger partial charge in [-0.1, -0.05) is 42.5 Å². The molecule has 2 heterocycles. The number of carbonyl (C=O) groups is 2. The molecular formula is C25H22N4O3. The molecule has 0 aromatic heterocycles. The first-order valence-corrected chi connectivity index (χ1v) is 10.4. The molecule has 0 saturated heterocycles. The molecule has 7 nitrogen and oxygen atoms in total. The molecule has 160 valence electrons. The van der Waals surface area contributed by atoms with Crippen LogP contribution in [0.3, 0.4) is 0 Å². The van der Waals surface area contributed by atoms with E-state index in [0.717, 1.165) is 28.0 Å². The number of carbonyl (C=O) groups excluding carboxylic acids is 2. The number of hydrogen-bond acceptors (Lipinski definition) is 6. The Bertz CT molecular complexity index is 1220. The van der Waals surface area contributed by atoms with Gasteiger partial charge in [-0.05, 0) is 36.3 Å². The number of ketones is 1. The summed E-state index contributed by atoms with van der Waals surface area (Å²) in [4.78, 5) is 31.3. The quantitative estimate of drug-likeness (QED) is 0.562. The van der Waals surface area contributed by atoms with Gasteiger partial charge in [0.15, 0.2) is 5.78 Å². The highest BCUT2D eigenvalue weighted by Gasteiger charge is 2.39. The molecule has 2 aromatic rings. The Morgan fingerprint density at radius 1 is 1.16 bits per heavy atom. The van der Waals surface area contributed by atoms with Crippen LogP contribution in [0.2, 0.25) is 0 Å². The first kappa shape index (κ1) is 20.0. The number of benzene rings is 2. The summed E-state index contributed by atoms with van der Waals surface area (Å²) >= 11 is 0. The van der Waals surface area contributed by atoms with E-state index in [2.05, 4.69) is 16.2 Å². The molecule has 1 aliphatic carbocycles. The molecule has 2 unspecified atom stereocenters. The molecule has 0 spiro atoms. The number of hydrazine groups is 1. The van der Waals surface area contributed by atoms with E-state index in [4.69, 9.17) is 4.99 Å². The molecule has 0 bridgehead atoms. The standard InChI is InChI=1S/C25H22N4O3/c1-14(15-7-9-17(30)10-8-15)28-25(32)18-11-21-22-19(12-26-27-13-20(22)24(18)31)23(29-21)16-5-3-2-4-6-16/h2-12,14,21,26-27,30H,13H2,1H3,(H,28,32). The molecule has 2 aliphatic heterocycles. The average molecular weight is 426 g/mol. The average Bonchev–Trinajstić information content (AvgIpc) is 3.01. The van der Waals surface area contributed by atoms with Crippen LogP contribution in [0.4, 0.5) is 0 Å². The Balaban J connectivity index is 1.47. The van der Waals surface area contributed by atoms with Gasteiger partial charge < -0.3 is 15.8 Å². The zero-order valence-corrected chi connectivity index (χ0v) is 17.4. The topological polar surface area (TPSA) is 103 Å². The van der Waals surface area contributed by atoms with Crippen molar-refractivity contribution in [1.82, 2.24) is 16.2 Å². The summed E-state index contributed by atoms with van der Waals surface area (Å²) < 4.78 is 0. The van der Waals surface area contributed by atoms with Crippen molar-refractivity contribution >= 4 is 17.4 Å². The van der Waals surface area contributed by atoms with Crippen molar-refractivity contribution in [2.45, 2.75) is 19.0 Å². The molecule has 5 rings (SSSR count). The molecule has 0 saturated carbocycles. The minimum Gasteiger partial charge on any atom is -0.508 e. The number of aromatic hydroxyl groups is 1. The first-order chi connectivity index (χ1) is 15.5. The van der Waals surface area contributed by atoms with Gasteiger partial charge in [0.05, 0.1) is 23.4 Å². The Hall–Kier alpha value is -3.97. The fourth-order valence-electron chi connectivity index (χ4n) is 4.25. The van der Waals surface area contributed by atoms with Gasteiger partial charge >= 0.3 is 0 Å². The van der Waals surface area contributed by atoms with Crippen LogP contribution < -0.4 is 16.2 Å². The maximum absolute atomic E-state index is 13.3. The van der Waals surface area contributed by atoms with Gasteiger partial charge in [0.2, 0.25) is 0 Å². The third kappa shape index (κ3) is 3.42. The van der Waals surface area contributed by atoms with Crippen molar-refractivity contribution in [2.24, 2.45) is 4.99 Å². The Labute approximate surface area is 185 Å². The summed E-state index contributed by atoms with van der Waals surface area (Å²) in [6.45, 7) is 2.13. The second-order valence-electron chi connectivity index (χ2n) is 7.93. The molecule has 7 heteroatoms. The Morgan fingerprint density at radius 3 is 2.66 bits per heavy atom. The second-order valence-corrected chi connectivity index (χ2v) is 7.93. The fourth-order valence-corrected chi connectivity index (χ4v) is 4.25. The van der Waals surface area contributed by atoms with Gasteiger partial charge in [-0.3, -0.25) is 14.6 Å². The van der Waals surface area contributed by atoms with Crippen molar-refractivity contribution < 1.29 is 14.7 Å². The number of phenolic OH excluding ortho intramolecular Hbond substituents is 1. The van der Waals surface area contributed by atoms with Gasteiger partial charge in [0.1, 0.15) is 5.75 Å². The van der Waals surface area contributed by atoms with Crippen LogP contribution in [0.25, 0.3) is 0 Å². The van der Waals surface area contributed by atoms with Crippen LogP contribution >= 0.6 is 0 Å². The lowest BCUT2D eigenvalue weighted by atomic mass is 9.83. The van der Waals surface area contributed by atoms with Crippen LogP contribution in [0, 0.1) is 0 Å². The number of nitrogens with one attached hydrogen (secondary N) is 3. The van der Waals surface area contributed by atoms with Crippen molar-refractivity contribution in [2.75, 3.05) is 6.54 Å². The normalized spacial score (nSPS) is 20.3. The molecule has 3 aliphatic rings. The van der Waals surface area contributed by atoms with E-state index >= 15 is 0 Å². The van der Waals surface area contributed by atoms with Crippen molar-refractivity contribution in [3.05, 3.63) is 100 Å². The van der Waals surface area contributed by atoms with E-state index in [1.807, 2.05) is 43.5 Å². The molecule has 32 heavy (non-hydrogen) atoms. The smallest absolute Gasteiger partial charge is 0.255 e. The zero-order valence-electron chi connectivity index (χ0n) is 17.4. The minimum atomic E-state index is -0.437. The molecule has 2 aromatic carbocycles. The Morgan fingerprint density at radius 2 is 1.91 bits per heavy atom. The van der Waals surface area contributed by atoms with Gasteiger partial charge in [-0.15, -0.1) is 0 Å². The molecule has 1 amide bonds. The van der Waals surface area contributed by atoms with Crippen LogP contribution in [0.5, 0.6) is 5.75 Å². The number of nitrogens with zero attached hydrogens (tertiary/aromatic N) is 1. The predicted octanol–water partition coefficient (Wildman–Crippen LogP) is 2.24. The van der Waals surface area contributed by atoms with Crippen molar-refractivity contribution in [1.29, 1.82) is 0 Å². The number of aliphatic imine (C=N–C) groups is 1. The lowest BCUT2D eigenvalue weighted by Gasteiger charge is -2.22. The van der Waals surface area contributed by atoms with E-state index in [1.54, 1.807) is 30.3 Å². The van der Waals surface area contributed by atoms with E-state index in [9.17, 15) is 14.7 Å². The molecule has 2 atom stereocenters. The number of Topliss-reactive ketones (excluding diaryl/α,β-unsaturated/α-hetero) is 1. The van der Waals surface area contributed by atoms with Crippen molar-refractivity contribution in [3.8, 4) is 5.75 Å². The summed E-state index contributed by atoms with van der Waals surface area (Å²) in [7, 11) is 0. The maximum atomic E-state index is 13.3. The summed E-state index contributed by atoms with van der Waals surface area (Å²) in [6.07, 6.45) is 3.49. The number of phenols is 1. The molecule has 0 radical (unpaired) electrons. The highest BCUT2D eigenvalue weighted by molar-refractivity contribution is 6.29. The SMILES string of the molecule is CC(NC(=O)C1=CC2N=C(c3ccccc3)C3=CNNCC(=C32)C1=O)c1ccc(O)cc1. The molecular weight excluding hydrogens is 404 g/mol. The van der Waals surface area contributed by atoms with Gasteiger partial charge in [-0.2, -0.15) is 0 Å². The van der Waals surface area contributed by atoms with Crippen LogP contribution in [-0.2, 0) is 9.59 Å². The van der Waals surface area contributed by atoms with Gasteiger partial charge in [0.25, 0.3) is 5.91 Å². The number of amides is 1. The lowest BCUT2D eigenvalue weighted by molar-refractivity contribution is -0.121. The largest absolute Gasteiger partial charge is 0.508 e. The van der Waals surface area contributed by atoms with E-state index in [-0.39, 0.29) is 23.1 Å². The van der Waals surface area contributed by atoms with E-state index < -0.39 is 11.9 Å². The summed E-state index contributed by atoms with van der Waals surface area (Å²) in [5.74, 6) is -0.574. The summed E-state index contributed by atoms with van der Waals surface area (Å²) in [6, 6.07) is 15.7. The van der Waals surface area contributed by atoms with E-state index in [0.29, 0.717) is 12.1 Å². The third-order valence-electron chi connectivity index (χ3n) is 5.89. The molecule has 4 N–H and O–H groups in total. The maximum Gasteiger partial charge on any atom is 0.255 e. The fraction of sp³-hybridized carbons (Fsp3) is 0.160. The van der Waals surface area contributed by atoms with E-state index in [1.165, 1.54) is 0 Å². The van der Waals surface area contributed by atoms with Crippen LogP contribution in [-0.4, -0.2) is 35.1 Å². The van der Waals surface area contributed by atoms with Crippen molar-refractivity contribution in [3.63, 3.8) is 0 Å². The highest BCUT2D eigenvalue weighted by atomic mass is 16.3. The summed E-state index contributed by atoms with van der Waals surface area (Å²) in [5.41, 5.74) is 11.0. The van der Waals surface area contributed by atoms with Gasteiger partial charge in [0, 0.05) is 29.5 Å². The zero-order chi connectivity index (χ0) is 22.2. The number of hydrogen-bond donors (Lipinski definition) is 4. The summed E-state index contributed by atoms with van der Waals surface area (Å²) in [5, 5.41) is 12.4. The minimum absolute atomic E-state index is 0.0977. The number of rotatable bonds is 4. The van der Waals surface area contributed by atoms with Gasteiger partial charge in [-0.25, -0.2) is 5.43 Å². The monoisotopic (exact) mass is 426 g/mol.